The summed E-state index contributed by atoms with van der Waals surface area (Å²) >= 11 is 6.19. The van der Waals surface area contributed by atoms with Gasteiger partial charge in [-0.05, 0) is 37.1 Å². The molecule has 0 aromatic heterocycles. The molecule has 0 spiro atoms. The third-order valence-electron chi connectivity index (χ3n) is 4.33. The minimum Gasteiger partial charge on any atom is -0.366 e. The Kier molecular flexibility index (Phi) is 3.87. The van der Waals surface area contributed by atoms with Gasteiger partial charge in [-0.1, -0.05) is 17.7 Å². The summed E-state index contributed by atoms with van der Waals surface area (Å²) < 4.78 is 0. The van der Waals surface area contributed by atoms with Crippen LogP contribution in [0, 0.1) is 5.92 Å². The van der Waals surface area contributed by atoms with Crippen LogP contribution < -0.4 is 11.1 Å². The van der Waals surface area contributed by atoms with Crippen molar-refractivity contribution in [3.05, 3.63) is 34.3 Å². The minimum absolute atomic E-state index is 0.0995. The second kappa shape index (κ2) is 5.66. The summed E-state index contributed by atoms with van der Waals surface area (Å²) in [5, 5.41) is 3.88. The third-order valence-corrected chi connectivity index (χ3v) is 4.68. The lowest BCUT2D eigenvalue weighted by molar-refractivity contribution is -0.131. The third kappa shape index (κ3) is 2.76. The fourth-order valence-electron chi connectivity index (χ4n) is 3.18. The van der Waals surface area contributed by atoms with Crippen LogP contribution in [0.4, 0.5) is 0 Å². The molecule has 1 aromatic carbocycles. The van der Waals surface area contributed by atoms with Gasteiger partial charge in [0, 0.05) is 29.7 Å². The topological polar surface area (TPSA) is 75.4 Å². The molecule has 2 amide bonds. The number of primary amides is 1. The summed E-state index contributed by atoms with van der Waals surface area (Å²) in [6, 6.07) is 5.24. The molecule has 2 fully saturated rings. The van der Waals surface area contributed by atoms with Crippen LogP contribution >= 0.6 is 11.6 Å². The SMILES string of the molecule is NC(=O)c1ccc(CN2CC3NCCCC3C2=O)c(Cl)c1. The Labute approximate surface area is 128 Å². The molecule has 2 aliphatic heterocycles. The van der Waals surface area contributed by atoms with E-state index in [-0.39, 0.29) is 17.9 Å². The van der Waals surface area contributed by atoms with Crippen molar-refractivity contribution in [2.75, 3.05) is 13.1 Å². The number of hydrogen-bond acceptors (Lipinski definition) is 3. The molecule has 5 nitrogen and oxygen atoms in total. The van der Waals surface area contributed by atoms with Gasteiger partial charge in [-0.25, -0.2) is 0 Å². The molecule has 3 N–H and O–H groups in total. The molecule has 1 aromatic rings. The van der Waals surface area contributed by atoms with Gasteiger partial charge >= 0.3 is 0 Å². The highest BCUT2D eigenvalue weighted by Gasteiger charge is 2.41. The highest BCUT2D eigenvalue weighted by Crippen LogP contribution is 2.29. The number of benzene rings is 1. The first kappa shape index (κ1) is 14.4. The Morgan fingerprint density at radius 2 is 2.29 bits per heavy atom. The summed E-state index contributed by atoms with van der Waals surface area (Å²) in [5.41, 5.74) is 6.45. The van der Waals surface area contributed by atoms with Crippen molar-refractivity contribution in [3.63, 3.8) is 0 Å². The van der Waals surface area contributed by atoms with E-state index in [4.69, 9.17) is 17.3 Å². The molecule has 0 saturated carbocycles. The zero-order valence-corrected chi connectivity index (χ0v) is 12.4. The number of piperidine rings is 1. The highest BCUT2D eigenvalue weighted by molar-refractivity contribution is 6.31. The number of likely N-dealkylation sites (tertiary alicyclic amines) is 1. The summed E-state index contributed by atoms with van der Waals surface area (Å²) in [6.45, 7) is 2.18. The van der Waals surface area contributed by atoms with Gasteiger partial charge in [0.15, 0.2) is 0 Å². The fourth-order valence-corrected chi connectivity index (χ4v) is 3.42. The number of nitrogens with one attached hydrogen (secondary N) is 1. The molecular formula is C15H18ClN3O2. The van der Waals surface area contributed by atoms with Crippen molar-refractivity contribution in [1.82, 2.24) is 10.2 Å². The Bertz CT molecular complexity index is 590. The zero-order chi connectivity index (χ0) is 15.0. The van der Waals surface area contributed by atoms with Crippen LogP contribution in [-0.4, -0.2) is 35.8 Å². The van der Waals surface area contributed by atoms with Gasteiger partial charge in [0.1, 0.15) is 0 Å². The van der Waals surface area contributed by atoms with Crippen molar-refractivity contribution in [3.8, 4) is 0 Å². The predicted molar refractivity (Wildman–Crippen MR) is 79.9 cm³/mol. The van der Waals surface area contributed by atoms with Crippen LogP contribution in [-0.2, 0) is 11.3 Å². The lowest BCUT2D eigenvalue weighted by Gasteiger charge is -2.23. The second-order valence-corrected chi connectivity index (χ2v) is 6.11. The van der Waals surface area contributed by atoms with Crippen LogP contribution in [0.5, 0.6) is 0 Å². The molecule has 112 valence electrons. The normalized spacial score (nSPS) is 25.0. The Balaban J connectivity index is 1.75. The van der Waals surface area contributed by atoms with E-state index >= 15 is 0 Å². The van der Waals surface area contributed by atoms with Crippen molar-refractivity contribution < 1.29 is 9.59 Å². The van der Waals surface area contributed by atoms with E-state index in [2.05, 4.69) is 5.32 Å². The minimum atomic E-state index is -0.504. The number of amides is 2. The quantitative estimate of drug-likeness (QED) is 0.879. The number of halogens is 1. The van der Waals surface area contributed by atoms with Crippen LogP contribution in [0.3, 0.4) is 0 Å². The lowest BCUT2D eigenvalue weighted by atomic mass is 9.94. The van der Waals surface area contributed by atoms with Crippen LogP contribution in [0.15, 0.2) is 18.2 Å². The number of nitrogens with zero attached hydrogens (tertiary/aromatic N) is 1. The van der Waals surface area contributed by atoms with Gasteiger partial charge in [0.25, 0.3) is 0 Å². The van der Waals surface area contributed by atoms with Gasteiger partial charge < -0.3 is 16.0 Å². The summed E-state index contributed by atoms with van der Waals surface area (Å²) in [6.07, 6.45) is 2.01. The number of hydrogen-bond donors (Lipinski definition) is 2. The average Bonchev–Trinajstić information content (AvgIpc) is 2.78. The standard InChI is InChI=1S/C15H18ClN3O2/c16-12-6-9(14(17)20)3-4-10(12)7-19-8-13-11(15(19)21)2-1-5-18-13/h3-4,6,11,13,18H,1-2,5,7-8H2,(H2,17,20). The summed E-state index contributed by atoms with van der Waals surface area (Å²) in [7, 11) is 0. The van der Waals surface area contributed by atoms with E-state index in [0.717, 1.165) is 31.5 Å². The van der Waals surface area contributed by atoms with Crippen LogP contribution in [0.25, 0.3) is 0 Å². The molecule has 21 heavy (non-hydrogen) atoms. The van der Waals surface area contributed by atoms with Crippen molar-refractivity contribution >= 4 is 23.4 Å². The molecule has 6 heteroatoms. The zero-order valence-electron chi connectivity index (χ0n) is 11.6. The van der Waals surface area contributed by atoms with Crippen molar-refractivity contribution in [2.45, 2.75) is 25.4 Å². The molecule has 0 aliphatic carbocycles. The number of carbonyl (C=O) groups is 2. The van der Waals surface area contributed by atoms with E-state index < -0.39 is 5.91 Å². The molecule has 2 heterocycles. The molecule has 2 aliphatic rings. The Morgan fingerprint density at radius 3 is 2.95 bits per heavy atom. The maximum absolute atomic E-state index is 12.4. The Morgan fingerprint density at radius 1 is 1.48 bits per heavy atom. The second-order valence-electron chi connectivity index (χ2n) is 5.70. The van der Waals surface area contributed by atoms with Crippen LogP contribution in [0.1, 0.15) is 28.8 Å². The molecular weight excluding hydrogens is 290 g/mol. The maximum Gasteiger partial charge on any atom is 0.248 e. The maximum atomic E-state index is 12.4. The fraction of sp³-hybridized carbons (Fsp3) is 0.467. The van der Waals surface area contributed by atoms with E-state index in [1.54, 1.807) is 18.2 Å². The lowest BCUT2D eigenvalue weighted by Crippen LogP contribution is -2.41. The van der Waals surface area contributed by atoms with E-state index in [1.165, 1.54) is 0 Å². The van der Waals surface area contributed by atoms with Crippen LogP contribution in [0.2, 0.25) is 5.02 Å². The number of nitrogens with two attached hydrogens (primary N) is 1. The smallest absolute Gasteiger partial charge is 0.248 e. The van der Waals surface area contributed by atoms with E-state index in [1.807, 2.05) is 4.90 Å². The average molecular weight is 308 g/mol. The largest absolute Gasteiger partial charge is 0.366 e. The van der Waals surface area contributed by atoms with E-state index in [9.17, 15) is 9.59 Å². The number of rotatable bonds is 3. The molecule has 3 rings (SSSR count). The van der Waals surface area contributed by atoms with Gasteiger partial charge in [-0.2, -0.15) is 0 Å². The first-order valence-corrected chi connectivity index (χ1v) is 7.54. The molecule has 2 atom stereocenters. The van der Waals surface area contributed by atoms with Gasteiger partial charge in [0.05, 0.1) is 5.92 Å². The molecule has 0 radical (unpaired) electrons. The molecule has 2 unspecified atom stereocenters. The molecule has 0 bridgehead atoms. The summed E-state index contributed by atoms with van der Waals surface area (Å²) in [5.74, 6) is -0.208. The van der Waals surface area contributed by atoms with E-state index in [0.29, 0.717) is 17.1 Å². The summed E-state index contributed by atoms with van der Waals surface area (Å²) in [4.78, 5) is 25.4. The van der Waals surface area contributed by atoms with Crippen molar-refractivity contribution in [2.24, 2.45) is 11.7 Å². The molecule has 2 saturated heterocycles. The highest BCUT2D eigenvalue weighted by atomic mass is 35.5. The van der Waals surface area contributed by atoms with Gasteiger partial charge in [-0.15, -0.1) is 0 Å². The predicted octanol–water partition coefficient (Wildman–Crippen LogP) is 1.15. The number of fused-ring (bicyclic) bond motifs is 1. The monoisotopic (exact) mass is 307 g/mol. The van der Waals surface area contributed by atoms with Gasteiger partial charge in [-0.3, -0.25) is 9.59 Å². The van der Waals surface area contributed by atoms with Crippen molar-refractivity contribution in [1.29, 1.82) is 0 Å². The number of carbonyl (C=O) groups excluding carboxylic acids is 2. The first-order valence-electron chi connectivity index (χ1n) is 7.16. The first-order chi connectivity index (χ1) is 10.1. The van der Waals surface area contributed by atoms with Gasteiger partial charge in [0.2, 0.25) is 11.8 Å². The Hall–Kier alpha value is -1.59.